The number of esters is 1. The molecule has 10 nitrogen and oxygen atoms in total. The largest absolute Gasteiger partial charge is 0.460 e. The normalized spacial score (nSPS) is 15.8. The number of aliphatic hydroxyl groups excluding tert-OH is 1. The number of carbonyl (C=O) groups is 4. The van der Waals surface area contributed by atoms with Crippen LogP contribution in [0.3, 0.4) is 0 Å². The minimum Gasteiger partial charge on any atom is -0.460 e. The molecule has 2 N–H and O–H groups in total. The molecule has 0 aromatic carbocycles. The van der Waals surface area contributed by atoms with E-state index in [0.717, 1.165) is 4.90 Å². The van der Waals surface area contributed by atoms with Crippen LogP contribution in [0.2, 0.25) is 0 Å². The molecule has 0 spiro atoms. The molecule has 0 saturated carbocycles. The SMILES string of the molecule is COC(COC(=O)CCCC(=O)NCCN1C(=O)C=CC1=O)OC(CO)CC(C)(C)C. The van der Waals surface area contributed by atoms with Gasteiger partial charge in [0.25, 0.3) is 11.8 Å². The van der Waals surface area contributed by atoms with Crippen molar-refractivity contribution in [3.63, 3.8) is 0 Å². The van der Waals surface area contributed by atoms with Crippen LogP contribution in [0.15, 0.2) is 12.2 Å². The standard InChI is InChI=1S/C21H34N2O8/c1-21(2,3)12-15(13-24)31-20(29-4)14-30-19(28)7-5-6-16(25)22-10-11-23-17(26)8-9-18(23)27/h8-9,15,20,24H,5-7,10-14H2,1-4H3,(H,22,25). The van der Waals surface area contributed by atoms with Gasteiger partial charge in [-0.1, -0.05) is 20.8 Å². The lowest BCUT2D eigenvalue weighted by Gasteiger charge is -2.27. The molecule has 0 saturated heterocycles. The third kappa shape index (κ3) is 11.0. The molecule has 1 aliphatic rings. The van der Waals surface area contributed by atoms with E-state index in [1.165, 1.54) is 19.3 Å². The highest BCUT2D eigenvalue weighted by Gasteiger charge is 2.24. The topological polar surface area (TPSA) is 131 Å². The Balaban J connectivity index is 2.20. The molecule has 0 aliphatic carbocycles. The number of carbonyl (C=O) groups excluding carboxylic acids is 4. The van der Waals surface area contributed by atoms with Gasteiger partial charge in [0.1, 0.15) is 6.61 Å². The van der Waals surface area contributed by atoms with Crippen LogP contribution in [0.5, 0.6) is 0 Å². The lowest BCUT2D eigenvalue weighted by Crippen LogP contribution is -2.38. The maximum absolute atomic E-state index is 11.9. The Morgan fingerprint density at radius 3 is 2.35 bits per heavy atom. The molecule has 0 bridgehead atoms. The number of hydrogen-bond acceptors (Lipinski definition) is 8. The molecular weight excluding hydrogens is 408 g/mol. The number of methoxy groups -OCH3 is 1. The Hall–Kier alpha value is -2.30. The summed E-state index contributed by atoms with van der Waals surface area (Å²) < 4.78 is 15.9. The van der Waals surface area contributed by atoms with Crippen LogP contribution in [0.1, 0.15) is 46.5 Å². The molecule has 1 heterocycles. The first-order chi connectivity index (χ1) is 14.6. The highest BCUT2D eigenvalue weighted by Crippen LogP contribution is 2.23. The Kier molecular flexibility index (Phi) is 11.4. The fourth-order valence-corrected chi connectivity index (χ4v) is 2.89. The summed E-state index contributed by atoms with van der Waals surface area (Å²) in [6.45, 7) is 6.04. The Morgan fingerprint density at radius 1 is 1.16 bits per heavy atom. The van der Waals surface area contributed by atoms with E-state index >= 15 is 0 Å². The Bertz CT molecular complexity index is 638. The molecule has 3 amide bonds. The Morgan fingerprint density at radius 2 is 1.81 bits per heavy atom. The first kappa shape index (κ1) is 26.7. The third-order valence-electron chi connectivity index (χ3n) is 4.37. The fourth-order valence-electron chi connectivity index (χ4n) is 2.89. The van der Waals surface area contributed by atoms with Gasteiger partial charge in [0.05, 0.1) is 12.7 Å². The van der Waals surface area contributed by atoms with Crippen molar-refractivity contribution in [3.05, 3.63) is 12.2 Å². The number of hydrogen-bond donors (Lipinski definition) is 2. The van der Waals surface area contributed by atoms with Crippen molar-refractivity contribution in [1.29, 1.82) is 0 Å². The van der Waals surface area contributed by atoms with Crippen LogP contribution in [0.4, 0.5) is 0 Å². The maximum Gasteiger partial charge on any atom is 0.305 e. The van der Waals surface area contributed by atoms with Gasteiger partial charge in [-0.15, -0.1) is 0 Å². The van der Waals surface area contributed by atoms with Crippen LogP contribution < -0.4 is 5.32 Å². The molecule has 0 fully saturated rings. The van der Waals surface area contributed by atoms with Crippen molar-refractivity contribution in [1.82, 2.24) is 10.2 Å². The average molecular weight is 443 g/mol. The monoisotopic (exact) mass is 442 g/mol. The number of nitrogens with zero attached hydrogens (tertiary/aromatic N) is 1. The minimum atomic E-state index is -0.794. The summed E-state index contributed by atoms with van der Waals surface area (Å²) in [5.74, 6) is -1.58. The van der Waals surface area contributed by atoms with Gasteiger partial charge in [0.2, 0.25) is 5.91 Å². The number of amides is 3. The summed E-state index contributed by atoms with van der Waals surface area (Å²) in [6, 6.07) is 0. The highest BCUT2D eigenvalue weighted by atomic mass is 16.7. The van der Waals surface area contributed by atoms with Crippen LogP contribution in [-0.2, 0) is 33.4 Å². The van der Waals surface area contributed by atoms with Gasteiger partial charge < -0.3 is 24.6 Å². The van der Waals surface area contributed by atoms with Crippen molar-refractivity contribution in [2.24, 2.45) is 5.41 Å². The van der Waals surface area contributed by atoms with Gasteiger partial charge in [-0.25, -0.2) is 0 Å². The predicted octanol–water partition coefficient (Wildman–Crippen LogP) is 0.527. The molecule has 2 unspecified atom stereocenters. The number of rotatable bonds is 14. The zero-order valence-corrected chi connectivity index (χ0v) is 18.7. The number of ether oxygens (including phenoxy) is 3. The molecule has 0 aromatic heterocycles. The van der Waals surface area contributed by atoms with Crippen molar-refractivity contribution >= 4 is 23.7 Å². The zero-order chi connectivity index (χ0) is 23.4. The van der Waals surface area contributed by atoms with E-state index in [0.29, 0.717) is 6.42 Å². The number of imide groups is 1. The van der Waals surface area contributed by atoms with Crippen molar-refractivity contribution in [2.75, 3.05) is 33.4 Å². The molecule has 176 valence electrons. The highest BCUT2D eigenvalue weighted by molar-refractivity contribution is 6.12. The van der Waals surface area contributed by atoms with E-state index in [1.54, 1.807) is 0 Å². The number of aliphatic hydroxyl groups is 1. The first-order valence-electron chi connectivity index (χ1n) is 10.3. The minimum absolute atomic E-state index is 0.0423. The van der Waals surface area contributed by atoms with E-state index in [1.807, 2.05) is 20.8 Å². The quantitative estimate of drug-likeness (QED) is 0.226. The second-order valence-corrected chi connectivity index (χ2v) is 8.42. The molecule has 2 atom stereocenters. The lowest BCUT2D eigenvalue weighted by molar-refractivity contribution is -0.198. The molecule has 31 heavy (non-hydrogen) atoms. The van der Waals surface area contributed by atoms with Crippen LogP contribution in [-0.4, -0.2) is 79.5 Å². The summed E-state index contributed by atoms with van der Waals surface area (Å²) in [4.78, 5) is 47.5. The van der Waals surface area contributed by atoms with Gasteiger partial charge in [0, 0.05) is 45.2 Å². The van der Waals surface area contributed by atoms with Gasteiger partial charge >= 0.3 is 5.97 Å². The van der Waals surface area contributed by atoms with E-state index in [2.05, 4.69) is 5.32 Å². The summed E-state index contributed by atoms with van der Waals surface area (Å²) >= 11 is 0. The van der Waals surface area contributed by atoms with E-state index in [4.69, 9.17) is 14.2 Å². The van der Waals surface area contributed by atoms with Gasteiger partial charge in [-0.05, 0) is 18.3 Å². The third-order valence-corrected chi connectivity index (χ3v) is 4.37. The van der Waals surface area contributed by atoms with Crippen molar-refractivity contribution < 1.29 is 38.5 Å². The molecule has 10 heteroatoms. The van der Waals surface area contributed by atoms with Crippen LogP contribution >= 0.6 is 0 Å². The second kappa shape index (κ2) is 13.2. The number of nitrogens with one attached hydrogen (secondary N) is 1. The van der Waals surface area contributed by atoms with Gasteiger partial charge in [0.15, 0.2) is 6.29 Å². The predicted molar refractivity (Wildman–Crippen MR) is 111 cm³/mol. The van der Waals surface area contributed by atoms with Crippen molar-refractivity contribution in [2.45, 2.75) is 58.8 Å². The molecule has 1 aliphatic heterocycles. The first-order valence-corrected chi connectivity index (χ1v) is 10.3. The van der Waals surface area contributed by atoms with Crippen molar-refractivity contribution in [3.8, 4) is 0 Å². The molecule has 1 rings (SSSR count). The molecular formula is C21H34N2O8. The molecule has 0 aromatic rings. The lowest BCUT2D eigenvalue weighted by atomic mass is 9.89. The fraction of sp³-hybridized carbons (Fsp3) is 0.714. The van der Waals surface area contributed by atoms with E-state index in [-0.39, 0.29) is 56.9 Å². The van der Waals surface area contributed by atoms with E-state index in [9.17, 15) is 24.3 Å². The second-order valence-electron chi connectivity index (χ2n) is 8.42. The summed E-state index contributed by atoms with van der Waals surface area (Å²) in [7, 11) is 1.42. The molecule has 0 radical (unpaired) electrons. The average Bonchev–Trinajstić information content (AvgIpc) is 3.01. The summed E-state index contributed by atoms with van der Waals surface area (Å²) in [5.41, 5.74) is -0.0423. The smallest absolute Gasteiger partial charge is 0.305 e. The van der Waals surface area contributed by atoms with Gasteiger partial charge in [-0.3, -0.25) is 24.1 Å². The Labute approximate surface area is 182 Å². The summed E-state index contributed by atoms with van der Waals surface area (Å²) in [5, 5.41) is 12.1. The van der Waals surface area contributed by atoms with Crippen LogP contribution in [0.25, 0.3) is 0 Å². The van der Waals surface area contributed by atoms with Crippen LogP contribution in [0, 0.1) is 5.41 Å². The van der Waals surface area contributed by atoms with E-state index < -0.39 is 30.2 Å². The van der Waals surface area contributed by atoms with Gasteiger partial charge in [-0.2, -0.15) is 0 Å². The zero-order valence-electron chi connectivity index (χ0n) is 18.7. The summed E-state index contributed by atoms with van der Waals surface area (Å²) in [6.07, 6.45) is 2.19. The maximum atomic E-state index is 11.9.